The number of aryl methyl sites for hydroxylation is 1. The maximum atomic E-state index is 12.3. The van der Waals surface area contributed by atoms with Crippen molar-refractivity contribution in [3.05, 3.63) is 57.2 Å². The Morgan fingerprint density at radius 2 is 2.29 bits per heavy atom. The van der Waals surface area contributed by atoms with Crippen LogP contribution in [0, 0.1) is 6.92 Å². The van der Waals surface area contributed by atoms with E-state index >= 15 is 0 Å². The van der Waals surface area contributed by atoms with Gasteiger partial charge in [0.2, 0.25) is 0 Å². The average molecular weight is 303 g/mol. The molecule has 0 radical (unpaired) electrons. The average Bonchev–Trinajstić information content (AvgIpc) is 3.09. The molecular formula is C14H13N3O3S. The van der Waals surface area contributed by atoms with Crippen LogP contribution in [0.5, 0.6) is 0 Å². The third kappa shape index (κ3) is 2.37. The standard InChI is InChI=1S/C14H13N3O3S/c1-8-9(6-11(20-8)13(18)16-15)7-17-4-2-12-10(14(17)19)3-5-21-12/h2-6H,7,15H2,1H3,(H,16,18). The minimum absolute atomic E-state index is 0.0563. The van der Waals surface area contributed by atoms with Gasteiger partial charge in [-0.3, -0.25) is 15.0 Å². The Morgan fingerprint density at radius 1 is 1.48 bits per heavy atom. The molecule has 0 aliphatic heterocycles. The summed E-state index contributed by atoms with van der Waals surface area (Å²) in [6, 6.07) is 5.32. The summed E-state index contributed by atoms with van der Waals surface area (Å²) in [6.07, 6.45) is 1.75. The molecule has 0 saturated heterocycles. The van der Waals surface area contributed by atoms with Crippen LogP contribution in [0.4, 0.5) is 0 Å². The number of carbonyl (C=O) groups is 1. The zero-order chi connectivity index (χ0) is 15.0. The molecule has 3 aromatic rings. The first-order chi connectivity index (χ1) is 10.1. The minimum Gasteiger partial charge on any atom is -0.456 e. The van der Waals surface area contributed by atoms with Crippen LogP contribution in [-0.4, -0.2) is 10.5 Å². The van der Waals surface area contributed by atoms with E-state index in [4.69, 9.17) is 10.3 Å². The fourth-order valence-corrected chi connectivity index (χ4v) is 2.95. The number of nitrogens with zero attached hydrogens (tertiary/aromatic N) is 1. The van der Waals surface area contributed by atoms with Gasteiger partial charge >= 0.3 is 5.91 Å². The molecular weight excluding hydrogens is 290 g/mol. The Balaban J connectivity index is 1.98. The summed E-state index contributed by atoms with van der Waals surface area (Å²) in [7, 11) is 0. The molecule has 6 nitrogen and oxygen atoms in total. The highest BCUT2D eigenvalue weighted by molar-refractivity contribution is 7.17. The molecule has 21 heavy (non-hydrogen) atoms. The van der Waals surface area contributed by atoms with Crippen molar-refractivity contribution in [1.82, 2.24) is 9.99 Å². The van der Waals surface area contributed by atoms with Crippen molar-refractivity contribution >= 4 is 27.3 Å². The first-order valence-electron chi connectivity index (χ1n) is 6.27. The number of rotatable bonds is 3. The molecule has 0 aliphatic carbocycles. The molecule has 0 unspecified atom stereocenters. The van der Waals surface area contributed by atoms with Crippen molar-refractivity contribution in [2.24, 2.45) is 5.84 Å². The van der Waals surface area contributed by atoms with Crippen LogP contribution in [0.2, 0.25) is 0 Å². The number of pyridine rings is 1. The van der Waals surface area contributed by atoms with E-state index in [9.17, 15) is 9.59 Å². The van der Waals surface area contributed by atoms with Gasteiger partial charge in [0.1, 0.15) is 5.76 Å². The van der Waals surface area contributed by atoms with Crippen molar-refractivity contribution in [2.75, 3.05) is 0 Å². The van der Waals surface area contributed by atoms with Crippen molar-refractivity contribution in [3.63, 3.8) is 0 Å². The van der Waals surface area contributed by atoms with Gasteiger partial charge in [0.25, 0.3) is 5.56 Å². The number of hydrogen-bond donors (Lipinski definition) is 2. The van der Waals surface area contributed by atoms with Crippen LogP contribution in [0.3, 0.4) is 0 Å². The molecule has 7 heteroatoms. The molecule has 0 spiro atoms. The van der Waals surface area contributed by atoms with Gasteiger partial charge < -0.3 is 8.98 Å². The quantitative estimate of drug-likeness (QED) is 0.437. The molecule has 0 aliphatic rings. The van der Waals surface area contributed by atoms with E-state index in [1.807, 2.05) is 22.9 Å². The molecule has 0 atom stereocenters. The summed E-state index contributed by atoms with van der Waals surface area (Å²) in [6.45, 7) is 2.09. The van der Waals surface area contributed by atoms with Crippen LogP contribution in [0.15, 0.2) is 39.0 Å². The number of amides is 1. The molecule has 0 fully saturated rings. The normalized spacial score (nSPS) is 11.0. The fraction of sp³-hybridized carbons (Fsp3) is 0.143. The highest BCUT2D eigenvalue weighted by Crippen LogP contribution is 2.18. The Morgan fingerprint density at radius 3 is 3.05 bits per heavy atom. The highest BCUT2D eigenvalue weighted by atomic mass is 32.1. The third-order valence-electron chi connectivity index (χ3n) is 3.31. The summed E-state index contributed by atoms with van der Waals surface area (Å²) >= 11 is 1.53. The van der Waals surface area contributed by atoms with Gasteiger partial charge in [-0.15, -0.1) is 11.3 Å². The van der Waals surface area contributed by atoms with Gasteiger partial charge in [-0.25, -0.2) is 5.84 Å². The van der Waals surface area contributed by atoms with Crippen LogP contribution in [0.1, 0.15) is 21.9 Å². The fourth-order valence-electron chi connectivity index (χ4n) is 2.17. The van der Waals surface area contributed by atoms with Gasteiger partial charge in [-0.2, -0.15) is 0 Å². The van der Waals surface area contributed by atoms with Crippen molar-refractivity contribution in [1.29, 1.82) is 0 Å². The molecule has 108 valence electrons. The third-order valence-corrected chi connectivity index (χ3v) is 4.19. The molecule has 0 saturated carbocycles. The highest BCUT2D eigenvalue weighted by Gasteiger charge is 2.14. The number of fused-ring (bicyclic) bond motifs is 1. The Bertz CT molecular complexity index is 875. The van der Waals surface area contributed by atoms with E-state index in [1.54, 1.807) is 23.8 Å². The summed E-state index contributed by atoms with van der Waals surface area (Å²) in [4.78, 5) is 23.8. The van der Waals surface area contributed by atoms with E-state index in [0.717, 1.165) is 10.3 Å². The minimum atomic E-state index is -0.495. The summed E-state index contributed by atoms with van der Waals surface area (Å²) in [5.41, 5.74) is 2.73. The van der Waals surface area contributed by atoms with Gasteiger partial charge in [0, 0.05) is 16.5 Å². The van der Waals surface area contributed by atoms with Crippen molar-refractivity contribution in [3.8, 4) is 0 Å². The number of nitrogens with two attached hydrogens (primary N) is 1. The number of furan rings is 1. The van der Waals surface area contributed by atoms with E-state index < -0.39 is 5.91 Å². The molecule has 3 aromatic heterocycles. The number of nitrogen functional groups attached to an aromatic ring is 1. The summed E-state index contributed by atoms with van der Waals surface area (Å²) < 4.78 is 7.90. The SMILES string of the molecule is Cc1oc(C(=O)NN)cc1Cn1ccc2sccc2c1=O. The number of hydrazine groups is 1. The lowest BCUT2D eigenvalue weighted by atomic mass is 10.2. The van der Waals surface area contributed by atoms with Gasteiger partial charge in [-0.1, -0.05) is 0 Å². The van der Waals surface area contributed by atoms with Crippen molar-refractivity contribution < 1.29 is 9.21 Å². The van der Waals surface area contributed by atoms with E-state index in [-0.39, 0.29) is 11.3 Å². The van der Waals surface area contributed by atoms with Gasteiger partial charge in [-0.05, 0) is 30.5 Å². The lowest BCUT2D eigenvalue weighted by Gasteiger charge is -2.04. The van der Waals surface area contributed by atoms with E-state index in [1.165, 1.54) is 11.3 Å². The molecule has 3 N–H and O–H groups in total. The Labute approximate surface area is 123 Å². The first-order valence-corrected chi connectivity index (χ1v) is 7.15. The van der Waals surface area contributed by atoms with Crippen LogP contribution in [-0.2, 0) is 6.54 Å². The molecule has 3 heterocycles. The molecule has 3 rings (SSSR count). The maximum Gasteiger partial charge on any atom is 0.300 e. The second-order valence-electron chi connectivity index (χ2n) is 4.61. The van der Waals surface area contributed by atoms with Crippen LogP contribution in [0.25, 0.3) is 10.1 Å². The lowest BCUT2D eigenvalue weighted by molar-refractivity contribution is 0.0924. The largest absolute Gasteiger partial charge is 0.456 e. The zero-order valence-electron chi connectivity index (χ0n) is 11.3. The van der Waals surface area contributed by atoms with E-state index in [0.29, 0.717) is 17.7 Å². The molecule has 0 aromatic carbocycles. The predicted molar refractivity (Wildman–Crippen MR) is 80.3 cm³/mol. The monoisotopic (exact) mass is 303 g/mol. The first kappa shape index (κ1) is 13.6. The number of carbonyl (C=O) groups excluding carboxylic acids is 1. The smallest absolute Gasteiger partial charge is 0.300 e. The number of thiophene rings is 1. The maximum absolute atomic E-state index is 12.3. The zero-order valence-corrected chi connectivity index (χ0v) is 12.1. The summed E-state index contributed by atoms with van der Waals surface area (Å²) in [5, 5.41) is 2.59. The summed E-state index contributed by atoms with van der Waals surface area (Å²) in [5.74, 6) is 5.30. The van der Waals surface area contributed by atoms with Gasteiger partial charge in [0.05, 0.1) is 11.9 Å². The Hall–Kier alpha value is -2.38. The number of hydrogen-bond acceptors (Lipinski definition) is 5. The lowest BCUT2D eigenvalue weighted by Crippen LogP contribution is -2.29. The topological polar surface area (TPSA) is 90.3 Å². The second kappa shape index (κ2) is 5.19. The van der Waals surface area contributed by atoms with Crippen molar-refractivity contribution in [2.45, 2.75) is 13.5 Å². The second-order valence-corrected chi connectivity index (χ2v) is 5.56. The van der Waals surface area contributed by atoms with Gasteiger partial charge in [0.15, 0.2) is 5.76 Å². The van der Waals surface area contributed by atoms with E-state index in [2.05, 4.69) is 0 Å². The number of nitrogens with one attached hydrogen (secondary N) is 1. The van der Waals surface area contributed by atoms with Crippen LogP contribution < -0.4 is 16.8 Å². The predicted octanol–water partition coefficient (Wildman–Crippen LogP) is 1.62. The van der Waals surface area contributed by atoms with Crippen LogP contribution >= 0.6 is 11.3 Å². The Kier molecular flexibility index (Phi) is 3.36. The molecule has 0 bridgehead atoms. The molecule has 1 amide bonds. The number of aromatic nitrogens is 1.